The van der Waals surface area contributed by atoms with Gasteiger partial charge in [0.2, 0.25) is 0 Å². The van der Waals surface area contributed by atoms with Gasteiger partial charge in [-0.1, -0.05) is 55.0 Å². The molecule has 0 radical (unpaired) electrons. The summed E-state index contributed by atoms with van der Waals surface area (Å²) in [5.74, 6) is 0. The van der Waals surface area contributed by atoms with Gasteiger partial charge in [0, 0.05) is 6.54 Å². The molecular formula is C24H28N2O3S. The molecule has 0 aliphatic carbocycles. The van der Waals surface area contributed by atoms with Crippen molar-refractivity contribution in [3.63, 3.8) is 0 Å². The molecule has 0 bridgehead atoms. The molecule has 6 heteroatoms. The highest BCUT2D eigenvalue weighted by Gasteiger charge is 2.28. The minimum Gasteiger partial charge on any atom is -0.390 e. The smallest absolute Gasteiger partial charge is 0.264 e. The van der Waals surface area contributed by atoms with Crippen molar-refractivity contribution in [1.82, 2.24) is 4.90 Å². The summed E-state index contributed by atoms with van der Waals surface area (Å²) in [4.78, 5) is 2.45. The van der Waals surface area contributed by atoms with Gasteiger partial charge in [-0.15, -0.1) is 0 Å². The first kappa shape index (κ1) is 20.8. The Kier molecular flexibility index (Phi) is 6.37. The number of rotatable bonds is 7. The minimum atomic E-state index is -3.83. The van der Waals surface area contributed by atoms with E-state index in [-0.39, 0.29) is 11.4 Å². The van der Waals surface area contributed by atoms with Gasteiger partial charge in [0.05, 0.1) is 23.2 Å². The van der Waals surface area contributed by atoms with Crippen LogP contribution in [0.1, 0.15) is 19.3 Å². The molecule has 1 heterocycles. The average Bonchev–Trinajstić information content (AvgIpc) is 2.78. The van der Waals surface area contributed by atoms with Crippen LogP contribution in [0.5, 0.6) is 0 Å². The van der Waals surface area contributed by atoms with E-state index in [9.17, 15) is 13.5 Å². The Labute approximate surface area is 178 Å². The maximum absolute atomic E-state index is 13.6. The summed E-state index contributed by atoms with van der Waals surface area (Å²) < 4.78 is 28.5. The third-order valence-corrected chi connectivity index (χ3v) is 7.44. The number of benzene rings is 3. The number of anilines is 1. The number of aliphatic hydroxyl groups excluding tert-OH is 1. The third kappa shape index (κ3) is 4.67. The van der Waals surface area contributed by atoms with Crippen molar-refractivity contribution in [1.29, 1.82) is 0 Å². The van der Waals surface area contributed by atoms with Crippen LogP contribution < -0.4 is 4.31 Å². The Morgan fingerprint density at radius 3 is 2.27 bits per heavy atom. The normalized spacial score (nSPS) is 16.4. The van der Waals surface area contributed by atoms with Crippen LogP contribution in [-0.2, 0) is 10.0 Å². The molecule has 0 aromatic heterocycles. The van der Waals surface area contributed by atoms with Gasteiger partial charge in [-0.3, -0.25) is 4.31 Å². The molecule has 1 aliphatic rings. The SMILES string of the molecule is O=S(=O)(c1ccc2ccccc2c1)N(CC(O)CN1CCCCC1)c1ccccc1. The highest BCUT2D eigenvalue weighted by molar-refractivity contribution is 7.92. The van der Waals surface area contributed by atoms with E-state index in [1.165, 1.54) is 10.7 Å². The summed E-state index contributed by atoms with van der Waals surface area (Å²) in [6.45, 7) is 2.42. The van der Waals surface area contributed by atoms with E-state index in [1.54, 1.807) is 24.3 Å². The van der Waals surface area contributed by atoms with Gasteiger partial charge < -0.3 is 10.0 Å². The molecule has 3 aromatic carbocycles. The number of nitrogens with zero attached hydrogens (tertiary/aromatic N) is 2. The lowest BCUT2D eigenvalue weighted by Gasteiger charge is -2.31. The molecular weight excluding hydrogens is 396 g/mol. The van der Waals surface area contributed by atoms with Gasteiger partial charge in [0.25, 0.3) is 10.0 Å². The van der Waals surface area contributed by atoms with E-state index in [0.717, 1.165) is 36.7 Å². The van der Waals surface area contributed by atoms with Crippen molar-refractivity contribution in [3.8, 4) is 0 Å². The number of β-amino-alcohol motifs (C(OH)–C–C–N with tert-alkyl or cyclic N) is 1. The van der Waals surface area contributed by atoms with Crippen LogP contribution >= 0.6 is 0 Å². The lowest BCUT2D eigenvalue weighted by molar-refractivity contribution is 0.107. The van der Waals surface area contributed by atoms with Gasteiger partial charge in [0.1, 0.15) is 0 Å². The van der Waals surface area contributed by atoms with Crippen molar-refractivity contribution in [2.45, 2.75) is 30.3 Å². The first-order chi connectivity index (χ1) is 14.5. The van der Waals surface area contributed by atoms with Crippen molar-refractivity contribution in [3.05, 3.63) is 72.8 Å². The van der Waals surface area contributed by atoms with Crippen molar-refractivity contribution < 1.29 is 13.5 Å². The molecule has 30 heavy (non-hydrogen) atoms. The highest BCUT2D eigenvalue weighted by Crippen LogP contribution is 2.26. The van der Waals surface area contributed by atoms with Crippen LogP contribution in [0.25, 0.3) is 10.8 Å². The highest BCUT2D eigenvalue weighted by atomic mass is 32.2. The molecule has 4 rings (SSSR count). The van der Waals surface area contributed by atoms with Crippen LogP contribution in [0.15, 0.2) is 77.7 Å². The predicted octanol–water partition coefficient (Wildman–Crippen LogP) is 3.88. The fourth-order valence-corrected chi connectivity index (χ4v) is 5.62. The number of para-hydroxylation sites is 1. The Morgan fingerprint density at radius 2 is 1.53 bits per heavy atom. The minimum absolute atomic E-state index is 0.0235. The number of likely N-dealkylation sites (tertiary alicyclic amines) is 1. The molecule has 5 nitrogen and oxygen atoms in total. The molecule has 1 N–H and O–H groups in total. The third-order valence-electron chi connectivity index (χ3n) is 5.65. The van der Waals surface area contributed by atoms with E-state index < -0.39 is 16.1 Å². The van der Waals surface area contributed by atoms with Gasteiger partial charge in [-0.05, 0) is 61.0 Å². The number of aliphatic hydroxyl groups is 1. The van der Waals surface area contributed by atoms with Gasteiger partial charge in [0.15, 0.2) is 0 Å². The van der Waals surface area contributed by atoms with Crippen LogP contribution in [0.4, 0.5) is 5.69 Å². The maximum Gasteiger partial charge on any atom is 0.264 e. The van der Waals surface area contributed by atoms with Gasteiger partial charge in [-0.2, -0.15) is 0 Å². The summed E-state index contributed by atoms with van der Waals surface area (Å²) in [7, 11) is -3.83. The lowest BCUT2D eigenvalue weighted by atomic mass is 10.1. The van der Waals surface area contributed by atoms with Crippen molar-refractivity contribution in [2.75, 3.05) is 30.5 Å². The molecule has 1 fully saturated rings. The largest absolute Gasteiger partial charge is 0.390 e. The molecule has 0 saturated carbocycles. The van der Waals surface area contributed by atoms with E-state index in [0.29, 0.717) is 12.2 Å². The van der Waals surface area contributed by atoms with E-state index >= 15 is 0 Å². The molecule has 0 amide bonds. The van der Waals surface area contributed by atoms with E-state index in [4.69, 9.17) is 0 Å². The maximum atomic E-state index is 13.6. The summed E-state index contributed by atoms with van der Waals surface area (Å²) in [6.07, 6.45) is 2.72. The second-order valence-corrected chi connectivity index (χ2v) is 9.76. The first-order valence-electron chi connectivity index (χ1n) is 10.5. The fourth-order valence-electron chi connectivity index (χ4n) is 4.08. The summed E-state index contributed by atoms with van der Waals surface area (Å²) >= 11 is 0. The molecule has 1 atom stereocenters. The number of fused-ring (bicyclic) bond motifs is 1. The number of sulfonamides is 1. The predicted molar refractivity (Wildman–Crippen MR) is 121 cm³/mol. The second-order valence-electron chi connectivity index (χ2n) is 7.90. The molecule has 158 valence electrons. The van der Waals surface area contributed by atoms with Crippen LogP contribution in [-0.4, -0.2) is 50.7 Å². The molecule has 1 saturated heterocycles. The second kappa shape index (κ2) is 9.16. The summed E-state index contributed by atoms with van der Waals surface area (Å²) in [5.41, 5.74) is 0.559. The molecule has 1 aliphatic heterocycles. The van der Waals surface area contributed by atoms with Crippen LogP contribution in [0, 0.1) is 0 Å². The number of hydrogen-bond donors (Lipinski definition) is 1. The molecule has 0 spiro atoms. The Hall–Kier alpha value is -2.41. The zero-order chi connectivity index (χ0) is 21.0. The molecule has 3 aromatic rings. The monoisotopic (exact) mass is 424 g/mol. The summed E-state index contributed by atoms with van der Waals surface area (Å²) in [5, 5.41) is 12.6. The number of piperidine rings is 1. The standard InChI is InChI=1S/C24H28N2O3S/c27-23(18-25-15-7-2-8-16-25)19-26(22-11-3-1-4-12-22)30(28,29)24-14-13-20-9-5-6-10-21(20)17-24/h1,3-6,9-14,17,23,27H,2,7-8,15-16,18-19H2. The fraction of sp³-hybridized carbons (Fsp3) is 0.333. The van der Waals surface area contributed by atoms with Crippen LogP contribution in [0.3, 0.4) is 0 Å². The van der Waals surface area contributed by atoms with Crippen LogP contribution in [0.2, 0.25) is 0 Å². The summed E-state index contributed by atoms with van der Waals surface area (Å²) in [6, 6.07) is 21.9. The topological polar surface area (TPSA) is 60.9 Å². The molecule has 1 unspecified atom stereocenters. The quantitative estimate of drug-likeness (QED) is 0.625. The van der Waals surface area contributed by atoms with Crippen molar-refractivity contribution in [2.24, 2.45) is 0 Å². The average molecular weight is 425 g/mol. The van der Waals surface area contributed by atoms with Gasteiger partial charge in [-0.25, -0.2) is 8.42 Å². The Bertz CT molecular complexity index is 1080. The zero-order valence-corrected chi connectivity index (χ0v) is 17.8. The van der Waals surface area contributed by atoms with E-state index in [1.807, 2.05) is 48.5 Å². The number of hydrogen-bond acceptors (Lipinski definition) is 4. The van der Waals surface area contributed by atoms with Crippen molar-refractivity contribution >= 4 is 26.5 Å². The van der Waals surface area contributed by atoms with E-state index in [2.05, 4.69) is 4.90 Å². The lowest BCUT2D eigenvalue weighted by Crippen LogP contribution is -2.44. The van der Waals surface area contributed by atoms with Gasteiger partial charge >= 0.3 is 0 Å². The Morgan fingerprint density at radius 1 is 0.867 bits per heavy atom. The zero-order valence-electron chi connectivity index (χ0n) is 17.0. The first-order valence-corrected chi connectivity index (χ1v) is 11.9. The Balaban J connectivity index is 1.64.